The fourth-order valence-corrected chi connectivity index (χ4v) is 2.55. The van der Waals surface area contributed by atoms with Crippen LogP contribution in [-0.4, -0.2) is 41.9 Å². The van der Waals surface area contributed by atoms with Crippen LogP contribution in [0.2, 0.25) is 0 Å². The Bertz CT molecular complexity index is 344. The van der Waals surface area contributed by atoms with E-state index in [1.807, 2.05) is 31.7 Å². The summed E-state index contributed by atoms with van der Waals surface area (Å²) >= 11 is 0. The summed E-state index contributed by atoms with van der Waals surface area (Å²) in [6.07, 6.45) is 5.20. The van der Waals surface area contributed by atoms with E-state index in [1.54, 1.807) is 0 Å². The van der Waals surface area contributed by atoms with Gasteiger partial charge < -0.3 is 14.4 Å². The highest BCUT2D eigenvalue weighted by atomic mass is 16.6. The molecule has 2 aliphatic heterocycles. The molecule has 0 N–H and O–H groups in total. The van der Waals surface area contributed by atoms with Crippen molar-refractivity contribution in [3.8, 4) is 0 Å². The molecule has 0 aromatic heterocycles. The third-order valence-corrected chi connectivity index (χ3v) is 3.63. The SMILES string of the molecule is C=C[C@@H]1CC(CCC2CO2)N(C(=O)OC(C)(C)C)C1. The molecule has 19 heavy (non-hydrogen) atoms. The number of amides is 1. The van der Waals surface area contributed by atoms with E-state index in [0.717, 1.165) is 32.4 Å². The van der Waals surface area contributed by atoms with Gasteiger partial charge in [0.25, 0.3) is 0 Å². The maximum Gasteiger partial charge on any atom is 0.410 e. The number of ether oxygens (including phenoxy) is 2. The van der Waals surface area contributed by atoms with Crippen molar-refractivity contribution in [3.05, 3.63) is 12.7 Å². The van der Waals surface area contributed by atoms with Crippen LogP contribution in [0.1, 0.15) is 40.0 Å². The molecular weight excluding hydrogens is 242 g/mol. The highest BCUT2D eigenvalue weighted by Gasteiger charge is 2.37. The molecule has 2 heterocycles. The standard InChI is InChI=1S/C15H25NO3/c1-5-11-8-12(6-7-13-10-18-13)16(9-11)14(17)19-15(2,3)4/h5,11-13H,1,6-10H2,2-4H3/t11-,12?,13?/m1/s1. The molecule has 108 valence electrons. The zero-order chi connectivity index (χ0) is 14.0. The molecule has 0 saturated carbocycles. The third kappa shape index (κ3) is 4.23. The van der Waals surface area contributed by atoms with Gasteiger partial charge in [0.2, 0.25) is 0 Å². The van der Waals surface area contributed by atoms with Crippen molar-refractivity contribution in [1.29, 1.82) is 0 Å². The normalized spacial score (nSPS) is 30.3. The van der Waals surface area contributed by atoms with Gasteiger partial charge in [0.1, 0.15) is 5.60 Å². The zero-order valence-corrected chi connectivity index (χ0v) is 12.2. The highest BCUT2D eigenvalue weighted by Crippen LogP contribution is 2.30. The summed E-state index contributed by atoms with van der Waals surface area (Å²) in [6.45, 7) is 11.2. The lowest BCUT2D eigenvalue weighted by Crippen LogP contribution is -2.40. The number of rotatable bonds is 4. The van der Waals surface area contributed by atoms with Gasteiger partial charge >= 0.3 is 6.09 Å². The van der Waals surface area contributed by atoms with Gasteiger partial charge in [0.05, 0.1) is 12.7 Å². The van der Waals surface area contributed by atoms with Crippen LogP contribution in [0, 0.1) is 5.92 Å². The van der Waals surface area contributed by atoms with Gasteiger partial charge in [-0.15, -0.1) is 6.58 Å². The van der Waals surface area contributed by atoms with E-state index in [0.29, 0.717) is 12.0 Å². The van der Waals surface area contributed by atoms with Gasteiger partial charge in [-0.1, -0.05) is 6.08 Å². The second kappa shape index (κ2) is 5.53. The Morgan fingerprint density at radius 1 is 1.47 bits per heavy atom. The smallest absolute Gasteiger partial charge is 0.410 e. The summed E-state index contributed by atoms with van der Waals surface area (Å²) in [5.74, 6) is 0.387. The summed E-state index contributed by atoms with van der Waals surface area (Å²) in [4.78, 5) is 14.1. The zero-order valence-electron chi connectivity index (χ0n) is 12.2. The van der Waals surface area contributed by atoms with Crippen molar-refractivity contribution < 1.29 is 14.3 Å². The number of hydrogen-bond donors (Lipinski definition) is 0. The molecule has 0 aromatic carbocycles. The summed E-state index contributed by atoms with van der Waals surface area (Å²) in [7, 11) is 0. The van der Waals surface area contributed by atoms with Crippen LogP contribution in [0.25, 0.3) is 0 Å². The number of likely N-dealkylation sites (tertiary alicyclic amines) is 1. The van der Waals surface area contributed by atoms with Gasteiger partial charge in [-0.05, 0) is 46.0 Å². The monoisotopic (exact) mass is 267 g/mol. The molecule has 2 rings (SSSR count). The Labute approximate surface area is 115 Å². The van der Waals surface area contributed by atoms with Gasteiger partial charge in [-0.25, -0.2) is 4.79 Å². The summed E-state index contributed by atoms with van der Waals surface area (Å²) < 4.78 is 10.7. The Morgan fingerprint density at radius 2 is 2.16 bits per heavy atom. The van der Waals surface area contributed by atoms with E-state index in [2.05, 4.69) is 6.58 Å². The van der Waals surface area contributed by atoms with Crippen molar-refractivity contribution in [2.24, 2.45) is 5.92 Å². The Balaban J connectivity index is 1.93. The van der Waals surface area contributed by atoms with E-state index in [-0.39, 0.29) is 12.1 Å². The molecule has 0 spiro atoms. The maximum atomic E-state index is 12.2. The number of carbonyl (C=O) groups excluding carboxylic acids is 1. The van der Waals surface area contributed by atoms with Gasteiger partial charge in [0, 0.05) is 12.6 Å². The van der Waals surface area contributed by atoms with Crippen molar-refractivity contribution in [2.45, 2.75) is 57.8 Å². The van der Waals surface area contributed by atoms with Crippen LogP contribution < -0.4 is 0 Å². The van der Waals surface area contributed by atoms with E-state index in [1.165, 1.54) is 0 Å². The Kier molecular flexibility index (Phi) is 4.19. The second-order valence-corrected chi connectivity index (χ2v) is 6.55. The van der Waals surface area contributed by atoms with Crippen molar-refractivity contribution in [2.75, 3.05) is 13.2 Å². The lowest BCUT2D eigenvalue weighted by Gasteiger charge is -2.28. The average molecular weight is 267 g/mol. The molecule has 3 atom stereocenters. The summed E-state index contributed by atoms with van der Waals surface area (Å²) in [5, 5.41) is 0. The summed E-state index contributed by atoms with van der Waals surface area (Å²) in [5.41, 5.74) is -0.437. The largest absolute Gasteiger partial charge is 0.444 e. The van der Waals surface area contributed by atoms with Gasteiger partial charge in [0.15, 0.2) is 0 Å². The molecule has 2 unspecified atom stereocenters. The van der Waals surface area contributed by atoms with Gasteiger partial charge in [-0.3, -0.25) is 0 Å². The molecule has 4 heteroatoms. The predicted octanol–water partition coefficient (Wildman–Crippen LogP) is 2.98. The molecule has 4 nitrogen and oxygen atoms in total. The lowest BCUT2D eigenvalue weighted by atomic mass is 10.0. The molecule has 0 aromatic rings. The predicted molar refractivity (Wildman–Crippen MR) is 74.0 cm³/mol. The molecule has 2 saturated heterocycles. The molecule has 2 fully saturated rings. The van der Waals surface area contributed by atoms with E-state index in [9.17, 15) is 4.79 Å². The Hall–Kier alpha value is -1.03. The van der Waals surface area contributed by atoms with Crippen molar-refractivity contribution in [1.82, 2.24) is 4.90 Å². The molecule has 2 aliphatic rings. The molecule has 0 bridgehead atoms. The lowest BCUT2D eigenvalue weighted by molar-refractivity contribution is 0.0214. The maximum absolute atomic E-state index is 12.2. The van der Waals surface area contributed by atoms with E-state index >= 15 is 0 Å². The van der Waals surface area contributed by atoms with Crippen LogP contribution in [-0.2, 0) is 9.47 Å². The minimum atomic E-state index is -0.437. The molecule has 0 radical (unpaired) electrons. The number of carbonyl (C=O) groups is 1. The van der Waals surface area contributed by atoms with Crippen LogP contribution in [0.5, 0.6) is 0 Å². The minimum absolute atomic E-state index is 0.196. The molecule has 0 aliphatic carbocycles. The number of nitrogens with zero attached hydrogens (tertiary/aromatic N) is 1. The first-order valence-electron chi connectivity index (χ1n) is 7.13. The fraction of sp³-hybridized carbons (Fsp3) is 0.800. The van der Waals surface area contributed by atoms with Crippen molar-refractivity contribution >= 4 is 6.09 Å². The van der Waals surface area contributed by atoms with Crippen LogP contribution in [0.4, 0.5) is 4.79 Å². The van der Waals surface area contributed by atoms with Crippen LogP contribution in [0.3, 0.4) is 0 Å². The number of hydrogen-bond acceptors (Lipinski definition) is 3. The van der Waals surface area contributed by atoms with Gasteiger partial charge in [-0.2, -0.15) is 0 Å². The third-order valence-electron chi connectivity index (χ3n) is 3.63. The Morgan fingerprint density at radius 3 is 2.68 bits per heavy atom. The topological polar surface area (TPSA) is 42.1 Å². The highest BCUT2D eigenvalue weighted by molar-refractivity contribution is 5.69. The fourth-order valence-electron chi connectivity index (χ4n) is 2.55. The average Bonchev–Trinajstić information content (AvgIpc) is 3.03. The second-order valence-electron chi connectivity index (χ2n) is 6.55. The van der Waals surface area contributed by atoms with E-state index in [4.69, 9.17) is 9.47 Å². The quantitative estimate of drug-likeness (QED) is 0.581. The number of epoxide rings is 1. The van der Waals surface area contributed by atoms with E-state index < -0.39 is 5.60 Å². The first kappa shape index (κ1) is 14.4. The molecule has 1 amide bonds. The molecular formula is C15H25NO3. The first-order valence-corrected chi connectivity index (χ1v) is 7.13. The first-order chi connectivity index (χ1) is 8.89. The van der Waals surface area contributed by atoms with Crippen LogP contribution >= 0.6 is 0 Å². The minimum Gasteiger partial charge on any atom is -0.444 e. The summed E-state index contributed by atoms with van der Waals surface area (Å²) in [6, 6.07) is 0.266. The van der Waals surface area contributed by atoms with Crippen molar-refractivity contribution in [3.63, 3.8) is 0 Å². The van der Waals surface area contributed by atoms with Crippen LogP contribution in [0.15, 0.2) is 12.7 Å².